The third kappa shape index (κ3) is 2.34. The third-order valence-corrected chi connectivity index (χ3v) is 3.22. The first-order valence-corrected chi connectivity index (χ1v) is 6.18. The van der Waals surface area contributed by atoms with Crippen molar-refractivity contribution in [2.75, 3.05) is 0 Å². The summed E-state index contributed by atoms with van der Waals surface area (Å²) in [6.45, 7) is 3.06. The molecule has 0 bridgehead atoms. The number of carbonyl (C=O) groups excluding carboxylic acids is 2. The molecule has 1 N–H and O–H groups in total. The summed E-state index contributed by atoms with van der Waals surface area (Å²) in [5.74, 6) is 0.118. The molecule has 0 amide bonds. The van der Waals surface area contributed by atoms with E-state index >= 15 is 0 Å². The van der Waals surface area contributed by atoms with E-state index in [1.165, 1.54) is 19.1 Å². The fourth-order valence-corrected chi connectivity index (χ4v) is 2.12. The van der Waals surface area contributed by atoms with Crippen LogP contribution in [0.25, 0.3) is 11.0 Å². The number of ketones is 1. The summed E-state index contributed by atoms with van der Waals surface area (Å²) in [5, 5.41) is 9.83. The fourth-order valence-electron chi connectivity index (χ4n) is 2.12. The smallest absolute Gasteiger partial charge is 0.196 e. The average Bonchev–Trinajstić information content (AvgIpc) is 2.38. The van der Waals surface area contributed by atoms with Gasteiger partial charge in [0.15, 0.2) is 17.3 Å². The number of phenols is 1. The van der Waals surface area contributed by atoms with Gasteiger partial charge in [-0.1, -0.05) is 0 Å². The minimum atomic E-state index is -0.270. The third-order valence-electron chi connectivity index (χ3n) is 3.22. The second-order valence-electron chi connectivity index (χ2n) is 4.66. The molecule has 5 nitrogen and oxygen atoms in total. The van der Waals surface area contributed by atoms with Gasteiger partial charge in [-0.2, -0.15) is 0 Å². The zero-order valence-corrected chi connectivity index (χ0v) is 11.2. The molecule has 0 fully saturated rings. The van der Waals surface area contributed by atoms with Crippen molar-refractivity contribution in [1.29, 1.82) is 0 Å². The van der Waals surface area contributed by atoms with Crippen molar-refractivity contribution in [3.05, 3.63) is 39.2 Å². The van der Waals surface area contributed by atoms with Gasteiger partial charge in [-0.05, 0) is 32.4 Å². The molecule has 0 spiro atoms. The van der Waals surface area contributed by atoms with E-state index in [9.17, 15) is 19.5 Å². The van der Waals surface area contributed by atoms with E-state index in [-0.39, 0.29) is 39.9 Å². The van der Waals surface area contributed by atoms with Crippen LogP contribution >= 0.6 is 0 Å². The van der Waals surface area contributed by atoms with Gasteiger partial charge in [0.2, 0.25) is 0 Å². The van der Waals surface area contributed by atoms with Crippen LogP contribution in [0.5, 0.6) is 5.75 Å². The molecule has 0 saturated heterocycles. The minimum absolute atomic E-state index is 0.0109. The number of hydrogen-bond donors (Lipinski definition) is 1. The molecule has 0 atom stereocenters. The van der Waals surface area contributed by atoms with Crippen molar-refractivity contribution < 1.29 is 19.1 Å². The number of phenolic OH excluding ortho intramolecular Hbond substituents is 1. The van der Waals surface area contributed by atoms with Crippen LogP contribution in [-0.2, 0) is 11.2 Å². The maximum absolute atomic E-state index is 12.4. The number of aryl methyl sites for hydroxylation is 1. The number of carbonyl (C=O) groups is 2. The Kier molecular flexibility index (Phi) is 3.70. The van der Waals surface area contributed by atoms with Crippen LogP contribution in [0, 0.1) is 6.92 Å². The van der Waals surface area contributed by atoms with E-state index in [0.717, 1.165) is 0 Å². The zero-order chi connectivity index (χ0) is 14.9. The van der Waals surface area contributed by atoms with E-state index in [4.69, 9.17) is 4.42 Å². The summed E-state index contributed by atoms with van der Waals surface area (Å²) < 4.78 is 5.51. The van der Waals surface area contributed by atoms with Crippen molar-refractivity contribution in [3.63, 3.8) is 0 Å². The molecular weight excluding hydrogens is 260 g/mol. The first kappa shape index (κ1) is 14.0. The summed E-state index contributed by atoms with van der Waals surface area (Å²) >= 11 is 0. The van der Waals surface area contributed by atoms with Crippen LogP contribution in [0.1, 0.15) is 35.0 Å². The predicted molar refractivity (Wildman–Crippen MR) is 73.3 cm³/mol. The van der Waals surface area contributed by atoms with Crippen LogP contribution in [0.3, 0.4) is 0 Å². The summed E-state index contributed by atoms with van der Waals surface area (Å²) in [7, 11) is 0. The monoisotopic (exact) mass is 274 g/mol. The molecule has 0 aliphatic rings. The molecule has 0 aliphatic carbocycles. The van der Waals surface area contributed by atoms with Crippen molar-refractivity contribution in [1.82, 2.24) is 0 Å². The van der Waals surface area contributed by atoms with Crippen molar-refractivity contribution in [2.24, 2.45) is 0 Å². The highest BCUT2D eigenvalue weighted by Gasteiger charge is 2.16. The summed E-state index contributed by atoms with van der Waals surface area (Å²) in [5.41, 5.74) is 0.193. The number of rotatable bonds is 4. The molecule has 2 aromatic rings. The van der Waals surface area contributed by atoms with Gasteiger partial charge < -0.3 is 14.3 Å². The predicted octanol–water partition coefficient (Wildman–Crippen LogP) is 2.14. The van der Waals surface area contributed by atoms with Gasteiger partial charge in [-0.25, -0.2) is 0 Å². The lowest BCUT2D eigenvalue weighted by Crippen LogP contribution is -2.13. The van der Waals surface area contributed by atoms with Crippen molar-refractivity contribution in [2.45, 2.75) is 26.7 Å². The van der Waals surface area contributed by atoms with Gasteiger partial charge in [-0.15, -0.1) is 0 Å². The molecule has 1 aromatic carbocycles. The van der Waals surface area contributed by atoms with Gasteiger partial charge in [-0.3, -0.25) is 9.59 Å². The normalized spacial score (nSPS) is 10.7. The maximum atomic E-state index is 12.4. The molecule has 1 heterocycles. The van der Waals surface area contributed by atoms with E-state index in [1.54, 1.807) is 6.92 Å². The molecular formula is C15H14O5. The lowest BCUT2D eigenvalue weighted by molar-refractivity contribution is -0.116. The van der Waals surface area contributed by atoms with Gasteiger partial charge in [0.05, 0.1) is 10.9 Å². The zero-order valence-electron chi connectivity index (χ0n) is 11.2. The summed E-state index contributed by atoms with van der Waals surface area (Å²) in [6, 6.07) is 2.70. The van der Waals surface area contributed by atoms with Crippen LogP contribution in [0.2, 0.25) is 0 Å². The SMILES string of the molecule is CC(=O)CCc1c(C)oc2c(C=O)c(O)ccc2c1=O. The number of benzene rings is 1. The Morgan fingerprint density at radius 1 is 1.40 bits per heavy atom. The highest BCUT2D eigenvalue weighted by molar-refractivity contribution is 5.97. The molecule has 5 heteroatoms. The fraction of sp³-hybridized carbons (Fsp3) is 0.267. The standard InChI is InChI=1S/C15H14O5/c1-8(17)3-4-10-9(2)20-15-11(14(10)19)5-6-13(18)12(15)7-16/h5-7,18H,3-4H2,1-2H3. The molecule has 104 valence electrons. The van der Waals surface area contributed by atoms with Crippen LogP contribution < -0.4 is 5.43 Å². The molecule has 1 aromatic heterocycles. The van der Waals surface area contributed by atoms with Crippen LogP contribution in [0.15, 0.2) is 21.3 Å². The van der Waals surface area contributed by atoms with Crippen molar-refractivity contribution in [3.8, 4) is 5.75 Å². The lowest BCUT2D eigenvalue weighted by Gasteiger charge is -2.08. The second-order valence-corrected chi connectivity index (χ2v) is 4.66. The number of Topliss-reactive ketones (excluding diaryl/α,β-unsaturated/α-hetero) is 1. The molecule has 0 radical (unpaired) electrons. The maximum Gasteiger partial charge on any atom is 0.196 e. The Morgan fingerprint density at radius 3 is 2.70 bits per heavy atom. The lowest BCUT2D eigenvalue weighted by atomic mass is 10.0. The molecule has 0 aliphatic heterocycles. The molecule has 2 rings (SSSR count). The summed E-state index contributed by atoms with van der Waals surface area (Å²) in [4.78, 5) is 34.4. The number of fused-ring (bicyclic) bond motifs is 1. The quantitative estimate of drug-likeness (QED) is 0.863. The average molecular weight is 274 g/mol. The van der Waals surface area contributed by atoms with Crippen LogP contribution in [-0.4, -0.2) is 17.2 Å². The number of aldehydes is 1. The first-order chi connectivity index (χ1) is 9.45. The van der Waals surface area contributed by atoms with Crippen LogP contribution in [0.4, 0.5) is 0 Å². The Bertz CT molecular complexity index is 755. The highest BCUT2D eigenvalue weighted by atomic mass is 16.3. The topological polar surface area (TPSA) is 84.6 Å². The molecule has 0 saturated carbocycles. The number of aromatic hydroxyl groups is 1. The Hall–Kier alpha value is -2.43. The van der Waals surface area contributed by atoms with Crippen molar-refractivity contribution >= 4 is 23.0 Å². The Morgan fingerprint density at radius 2 is 2.10 bits per heavy atom. The van der Waals surface area contributed by atoms with E-state index in [0.29, 0.717) is 24.0 Å². The summed E-state index contributed by atoms with van der Waals surface area (Å²) in [6.07, 6.45) is 1.02. The number of hydrogen-bond acceptors (Lipinski definition) is 5. The molecule has 20 heavy (non-hydrogen) atoms. The largest absolute Gasteiger partial charge is 0.507 e. The Balaban J connectivity index is 2.71. The Labute approximate surface area is 114 Å². The van der Waals surface area contributed by atoms with E-state index in [2.05, 4.69) is 0 Å². The first-order valence-electron chi connectivity index (χ1n) is 6.18. The van der Waals surface area contributed by atoms with Gasteiger partial charge in [0, 0.05) is 12.0 Å². The second kappa shape index (κ2) is 5.28. The van der Waals surface area contributed by atoms with E-state index < -0.39 is 0 Å². The van der Waals surface area contributed by atoms with Gasteiger partial charge in [0.25, 0.3) is 0 Å². The molecule has 0 unspecified atom stereocenters. The van der Waals surface area contributed by atoms with Gasteiger partial charge >= 0.3 is 0 Å². The minimum Gasteiger partial charge on any atom is -0.507 e. The highest BCUT2D eigenvalue weighted by Crippen LogP contribution is 2.25. The van der Waals surface area contributed by atoms with Gasteiger partial charge in [0.1, 0.15) is 17.3 Å². The van der Waals surface area contributed by atoms with E-state index in [1.807, 2.05) is 0 Å².